The van der Waals surface area contributed by atoms with E-state index >= 15 is 0 Å². The van der Waals surface area contributed by atoms with Crippen LogP contribution in [0.3, 0.4) is 0 Å². The molecule has 0 spiro atoms. The van der Waals surface area contributed by atoms with Gasteiger partial charge in [0.1, 0.15) is 0 Å². The first-order valence-corrected chi connectivity index (χ1v) is 21.7. The van der Waals surface area contributed by atoms with Gasteiger partial charge in [0, 0.05) is 0 Å². The van der Waals surface area contributed by atoms with E-state index in [-0.39, 0.29) is 5.41 Å². The van der Waals surface area contributed by atoms with E-state index in [2.05, 4.69) is 153 Å². The predicted octanol–water partition coefficient (Wildman–Crippen LogP) is 8.90. The Morgan fingerprint density at radius 2 is 1.30 bits per heavy atom. The van der Waals surface area contributed by atoms with Crippen LogP contribution in [0.5, 0.6) is 5.75 Å². The predicted molar refractivity (Wildman–Crippen MR) is 193 cm³/mol. The molecule has 0 saturated heterocycles. The van der Waals surface area contributed by atoms with Gasteiger partial charge in [0.25, 0.3) is 0 Å². The Morgan fingerprint density at radius 1 is 0.795 bits per heavy atom. The number of methoxy groups -OCH3 is 1. The van der Waals surface area contributed by atoms with E-state index in [4.69, 9.17) is 4.74 Å². The Morgan fingerprint density at radius 3 is 1.75 bits per heavy atom. The van der Waals surface area contributed by atoms with Gasteiger partial charge in [0.15, 0.2) is 0 Å². The van der Waals surface area contributed by atoms with Crippen LogP contribution in [0.1, 0.15) is 63.3 Å². The maximum atomic E-state index is 6.27. The van der Waals surface area contributed by atoms with Crippen molar-refractivity contribution in [2.45, 2.75) is 71.8 Å². The number of allylic oxidation sites excluding steroid dienone is 4. The second-order valence-corrected chi connectivity index (χ2v) is 22.5. The fourth-order valence-corrected chi connectivity index (χ4v) is 15.7. The molecule has 0 saturated carbocycles. The van der Waals surface area contributed by atoms with Crippen LogP contribution in [-0.2, 0) is 10.7 Å². The summed E-state index contributed by atoms with van der Waals surface area (Å²) in [5.74, 6) is 1.11. The number of rotatable bonds is 10. The summed E-state index contributed by atoms with van der Waals surface area (Å²) in [7, 11) is 8.48. The molecule has 3 aromatic carbocycles. The summed E-state index contributed by atoms with van der Waals surface area (Å²) in [4.78, 5) is 4.56. The topological polar surface area (TPSA) is 15.7 Å². The van der Waals surface area contributed by atoms with Crippen molar-refractivity contribution in [2.24, 2.45) is 0 Å². The van der Waals surface area contributed by atoms with E-state index in [1.807, 2.05) is 7.11 Å². The number of para-hydroxylation sites is 2. The summed E-state index contributed by atoms with van der Waals surface area (Å²) < 4.78 is 10.2. The zero-order chi connectivity index (χ0) is 32.6. The van der Waals surface area contributed by atoms with E-state index < -0.39 is 39.2 Å². The zero-order valence-corrected chi connectivity index (χ0v) is 32.1. The molecule has 0 atom stereocenters. The van der Waals surface area contributed by atoms with Crippen LogP contribution < -0.4 is 19.7 Å². The van der Waals surface area contributed by atoms with Crippen molar-refractivity contribution in [3.63, 3.8) is 0 Å². The molecule has 3 nitrogen and oxygen atoms in total. The molecule has 0 radical (unpaired) electrons. The van der Waals surface area contributed by atoms with E-state index in [9.17, 15) is 0 Å². The standard InChI is InChI=1S/C21H31OSi.2C9H12N.Lu/c1-14-10-16(3)18(12-14)23(8,9)19-13-15(2)11-17(20(19)22-7)21(4,5)6;2*1-8-6-4-5-7-9(8)10(2)3;/h11,13H,12H2,1-9H3;2*4-7H,1H2,2-3H3;. The molecule has 0 bridgehead atoms. The van der Waals surface area contributed by atoms with E-state index in [1.54, 1.807) is 18.1 Å². The third-order valence-electron chi connectivity index (χ3n) is 8.72. The second-order valence-electron chi connectivity index (χ2n) is 14.1. The first kappa shape index (κ1) is 34.9. The van der Waals surface area contributed by atoms with Crippen molar-refractivity contribution in [3.05, 3.63) is 101 Å². The zero-order valence-electron chi connectivity index (χ0n) is 29.5. The molecule has 5 heteroatoms. The van der Waals surface area contributed by atoms with E-state index in [1.165, 1.54) is 38.8 Å². The van der Waals surface area contributed by atoms with Crippen molar-refractivity contribution in [2.75, 3.05) is 45.1 Å². The van der Waals surface area contributed by atoms with Crippen LogP contribution in [0.15, 0.2) is 78.8 Å². The molecule has 0 aromatic heterocycles. The minimum atomic E-state index is -2.07. The van der Waals surface area contributed by atoms with Gasteiger partial charge in [-0.2, -0.15) is 0 Å². The summed E-state index contributed by atoms with van der Waals surface area (Å²) in [6.45, 7) is 19.2. The fraction of sp³-hybridized carbons (Fsp3) is 0.436. The van der Waals surface area contributed by atoms with Crippen LogP contribution in [-0.4, -0.2) is 43.4 Å². The molecular weight excluding hydrogens is 715 g/mol. The van der Waals surface area contributed by atoms with Crippen molar-refractivity contribution < 1.29 is 35.9 Å². The number of anilines is 2. The number of aryl methyl sites for hydroxylation is 1. The quantitative estimate of drug-likeness (QED) is 0.192. The molecule has 1 aliphatic carbocycles. The van der Waals surface area contributed by atoms with Crippen molar-refractivity contribution in [1.82, 2.24) is 0 Å². The average molecular weight is 771 g/mol. The Kier molecular flexibility index (Phi) is 10.9. The molecule has 44 heavy (non-hydrogen) atoms. The van der Waals surface area contributed by atoms with Crippen molar-refractivity contribution in [1.29, 1.82) is 0 Å². The molecule has 4 rings (SSSR count). The molecule has 0 aliphatic heterocycles. The summed E-state index contributed by atoms with van der Waals surface area (Å²) in [5, 5.41) is 3.12. The Labute approximate surface area is 282 Å². The van der Waals surface area contributed by atoms with Crippen LogP contribution in [0, 0.1) is 38.0 Å². The van der Waals surface area contributed by atoms with Crippen molar-refractivity contribution >= 4 is 24.6 Å². The van der Waals surface area contributed by atoms with Gasteiger partial charge in [-0.3, -0.25) is 0 Å². The molecule has 3 aromatic rings. The number of nitrogens with zero attached hydrogens (tertiary/aromatic N) is 2. The average Bonchev–Trinajstić information content (AvgIpc) is 3.26. The van der Waals surface area contributed by atoms with Gasteiger partial charge in [-0.05, 0) is 0 Å². The van der Waals surface area contributed by atoms with Crippen LogP contribution in [0.2, 0.25) is 13.1 Å². The minimum absolute atomic E-state index is 0.0192. The van der Waals surface area contributed by atoms with E-state index in [0.29, 0.717) is 0 Å². The molecule has 0 unspecified atom stereocenters. The number of hydrogen-bond acceptors (Lipinski definition) is 3. The first-order valence-electron chi connectivity index (χ1n) is 15.6. The fourth-order valence-electron chi connectivity index (χ4n) is 6.47. The normalized spacial score (nSPS) is 14.3. The Bertz CT molecular complexity index is 1520. The third-order valence-corrected chi connectivity index (χ3v) is 17.7. The summed E-state index contributed by atoms with van der Waals surface area (Å²) >= 11 is -1.13. The monoisotopic (exact) mass is 770 g/mol. The molecule has 1 aliphatic rings. The summed E-state index contributed by atoms with van der Waals surface area (Å²) in [5.41, 5.74) is 11.4. The second kappa shape index (κ2) is 13.8. The SMILES string of the molecule is COc1c(C(C)(C)C)cc(C)cc1[Si](C)(C)C1=C(C)[C]([Lu]([CH2]c2ccccc2N(C)C)[CH2]c2ccccc2N(C)C)=C(C)C1. The number of benzene rings is 3. The van der Waals surface area contributed by atoms with E-state index in [0.717, 1.165) is 17.5 Å². The summed E-state index contributed by atoms with van der Waals surface area (Å²) in [6.07, 6.45) is 1.09. The number of hydrogen-bond donors (Lipinski definition) is 0. The van der Waals surface area contributed by atoms with Crippen LogP contribution in [0.4, 0.5) is 11.4 Å². The molecular formula is C39H55LuN2OSi. The Balaban J connectivity index is 1.87. The van der Waals surface area contributed by atoms with Crippen LogP contribution >= 0.6 is 0 Å². The first-order chi connectivity index (χ1) is 20.6. The van der Waals surface area contributed by atoms with Gasteiger partial charge in [-0.25, -0.2) is 0 Å². The number of ether oxygens (including phenoxy) is 1. The van der Waals surface area contributed by atoms with Crippen molar-refractivity contribution in [3.8, 4) is 5.75 Å². The molecule has 0 amide bonds. The van der Waals surface area contributed by atoms with Gasteiger partial charge in [0.2, 0.25) is 0 Å². The van der Waals surface area contributed by atoms with Gasteiger partial charge in [-0.15, -0.1) is 0 Å². The van der Waals surface area contributed by atoms with Crippen LogP contribution in [0.25, 0.3) is 0 Å². The van der Waals surface area contributed by atoms with Gasteiger partial charge < -0.3 is 0 Å². The summed E-state index contributed by atoms with van der Waals surface area (Å²) in [6, 6.07) is 22.8. The Hall–Kier alpha value is -2.01. The van der Waals surface area contributed by atoms with Gasteiger partial charge >= 0.3 is 284 Å². The van der Waals surface area contributed by atoms with Gasteiger partial charge in [-0.1, -0.05) is 0 Å². The molecule has 246 valence electrons. The molecule has 0 heterocycles. The third kappa shape index (κ3) is 7.18. The van der Waals surface area contributed by atoms with Gasteiger partial charge in [0.05, 0.1) is 0 Å². The molecule has 0 fully saturated rings. The maximum absolute atomic E-state index is 6.27. The molecule has 0 N–H and O–H groups in total.